The number of likely N-dealkylation sites (N-methyl/N-ethyl adjacent to an activating group) is 1. The van der Waals surface area contributed by atoms with E-state index in [9.17, 15) is 14.0 Å². The van der Waals surface area contributed by atoms with Crippen molar-refractivity contribution in [3.05, 3.63) is 65.5 Å². The average molecular weight is 372 g/mol. The van der Waals surface area contributed by atoms with Gasteiger partial charge in [-0.05, 0) is 56.2 Å². The van der Waals surface area contributed by atoms with Crippen molar-refractivity contribution >= 4 is 11.8 Å². The zero-order valence-electron chi connectivity index (χ0n) is 15.9. The average Bonchev–Trinajstić information content (AvgIpc) is 2.65. The summed E-state index contributed by atoms with van der Waals surface area (Å²) in [6.07, 6.45) is -0.698. The van der Waals surface area contributed by atoms with E-state index in [1.807, 2.05) is 32.0 Å². The number of ether oxygens (including phenoxy) is 1. The lowest BCUT2D eigenvalue weighted by atomic mass is 10.2. The Kier molecular flexibility index (Phi) is 7.34. The van der Waals surface area contributed by atoms with Crippen LogP contribution in [0.25, 0.3) is 0 Å². The summed E-state index contributed by atoms with van der Waals surface area (Å²) in [5, 5.41) is 2.74. The van der Waals surface area contributed by atoms with E-state index in [2.05, 4.69) is 5.32 Å². The van der Waals surface area contributed by atoms with Gasteiger partial charge in [0.2, 0.25) is 5.91 Å². The van der Waals surface area contributed by atoms with Gasteiger partial charge in [-0.25, -0.2) is 4.39 Å². The third-order valence-electron chi connectivity index (χ3n) is 4.08. The first-order valence-corrected chi connectivity index (χ1v) is 8.92. The molecule has 0 aliphatic rings. The van der Waals surface area contributed by atoms with Gasteiger partial charge in [0.05, 0.1) is 6.54 Å². The second-order valence-corrected chi connectivity index (χ2v) is 6.33. The zero-order chi connectivity index (χ0) is 19.8. The Morgan fingerprint density at radius 1 is 1.19 bits per heavy atom. The first-order chi connectivity index (χ1) is 12.9. The van der Waals surface area contributed by atoms with Crippen LogP contribution in [0, 0.1) is 12.7 Å². The number of carbonyl (C=O) groups is 2. The Labute approximate surface area is 159 Å². The molecule has 1 N–H and O–H groups in total. The number of aryl methyl sites for hydroxylation is 1. The normalized spacial score (nSPS) is 11.6. The smallest absolute Gasteiger partial charge is 0.263 e. The molecular weight excluding hydrogens is 347 g/mol. The maximum atomic E-state index is 12.9. The van der Waals surface area contributed by atoms with E-state index in [0.717, 1.165) is 11.1 Å². The Hall–Kier alpha value is -2.89. The van der Waals surface area contributed by atoms with E-state index in [4.69, 9.17) is 4.74 Å². The quantitative estimate of drug-likeness (QED) is 0.775. The molecule has 0 saturated carbocycles. The first kappa shape index (κ1) is 20.4. The van der Waals surface area contributed by atoms with Crippen LogP contribution in [0.15, 0.2) is 48.5 Å². The molecule has 0 radical (unpaired) electrons. The highest BCUT2D eigenvalue weighted by atomic mass is 19.1. The molecule has 6 heteroatoms. The van der Waals surface area contributed by atoms with Gasteiger partial charge in [-0.2, -0.15) is 0 Å². The van der Waals surface area contributed by atoms with Gasteiger partial charge in [0.15, 0.2) is 6.10 Å². The Morgan fingerprint density at radius 2 is 1.89 bits per heavy atom. The van der Waals surface area contributed by atoms with Crippen LogP contribution in [0.5, 0.6) is 5.75 Å². The van der Waals surface area contributed by atoms with Gasteiger partial charge < -0.3 is 15.0 Å². The standard InChI is InChI=1S/C21H25FN2O3/c1-4-24(14-20(25)23-13-17-8-10-18(22)11-9-17)21(26)16(3)27-19-7-5-6-15(2)12-19/h5-12,16H,4,13-14H2,1-3H3,(H,23,25)/t16-/m0/s1. The highest BCUT2D eigenvalue weighted by molar-refractivity contribution is 5.87. The summed E-state index contributed by atoms with van der Waals surface area (Å²) in [4.78, 5) is 26.2. The second kappa shape index (κ2) is 9.71. The first-order valence-electron chi connectivity index (χ1n) is 8.92. The number of hydrogen-bond donors (Lipinski definition) is 1. The van der Waals surface area contributed by atoms with Gasteiger partial charge in [-0.1, -0.05) is 24.3 Å². The van der Waals surface area contributed by atoms with Crippen molar-refractivity contribution in [2.45, 2.75) is 33.4 Å². The molecule has 1 atom stereocenters. The van der Waals surface area contributed by atoms with E-state index < -0.39 is 6.10 Å². The fourth-order valence-corrected chi connectivity index (χ4v) is 2.58. The maximum absolute atomic E-state index is 12.9. The van der Waals surface area contributed by atoms with Crippen molar-refractivity contribution in [2.75, 3.05) is 13.1 Å². The van der Waals surface area contributed by atoms with Crippen LogP contribution >= 0.6 is 0 Å². The van der Waals surface area contributed by atoms with E-state index >= 15 is 0 Å². The minimum absolute atomic E-state index is 0.0575. The summed E-state index contributed by atoms with van der Waals surface area (Å²) in [7, 11) is 0. The molecule has 2 rings (SSSR count). The summed E-state index contributed by atoms with van der Waals surface area (Å²) < 4.78 is 18.6. The monoisotopic (exact) mass is 372 g/mol. The number of rotatable bonds is 8. The number of hydrogen-bond acceptors (Lipinski definition) is 3. The minimum Gasteiger partial charge on any atom is -0.481 e. The summed E-state index contributed by atoms with van der Waals surface area (Å²) in [6.45, 7) is 6.04. The molecule has 144 valence electrons. The van der Waals surface area contributed by atoms with Crippen LogP contribution < -0.4 is 10.1 Å². The van der Waals surface area contributed by atoms with Gasteiger partial charge in [0, 0.05) is 13.1 Å². The molecular formula is C21H25FN2O3. The molecule has 0 aliphatic heterocycles. The van der Waals surface area contributed by atoms with Crippen LogP contribution in [-0.2, 0) is 16.1 Å². The number of benzene rings is 2. The van der Waals surface area contributed by atoms with Gasteiger partial charge >= 0.3 is 0 Å². The highest BCUT2D eigenvalue weighted by Gasteiger charge is 2.23. The van der Waals surface area contributed by atoms with Crippen molar-refractivity contribution in [2.24, 2.45) is 0 Å². The molecule has 2 aromatic carbocycles. The molecule has 0 aromatic heterocycles. The largest absolute Gasteiger partial charge is 0.481 e. The van der Waals surface area contributed by atoms with E-state index in [0.29, 0.717) is 12.3 Å². The molecule has 0 saturated heterocycles. The predicted molar refractivity (Wildman–Crippen MR) is 102 cm³/mol. The van der Waals surface area contributed by atoms with Crippen molar-refractivity contribution in [3.8, 4) is 5.75 Å². The fraction of sp³-hybridized carbons (Fsp3) is 0.333. The highest BCUT2D eigenvalue weighted by Crippen LogP contribution is 2.15. The minimum atomic E-state index is -0.698. The van der Waals surface area contributed by atoms with Crippen molar-refractivity contribution < 1.29 is 18.7 Å². The molecule has 2 amide bonds. The predicted octanol–water partition coefficient (Wildman–Crippen LogP) is 3.07. The maximum Gasteiger partial charge on any atom is 0.263 e. The summed E-state index contributed by atoms with van der Waals surface area (Å²) in [5.41, 5.74) is 1.83. The lowest BCUT2D eigenvalue weighted by Crippen LogP contribution is -2.45. The molecule has 0 spiro atoms. The van der Waals surface area contributed by atoms with Gasteiger partial charge in [0.25, 0.3) is 5.91 Å². The summed E-state index contributed by atoms with van der Waals surface area (Å²) in [5.74, 6) is -0.240. The van der Waals surface area contributed by atoms with Crippen molar-refractivity contribution in [3.63, 3.8) is 0 Å². The molecule has 0 aliphatic carbocycles. The second-order valence-electron chi connectivity index (χ2n) is 6.33. The van der Waals surface area contributed by atoms with Gasteiger partial charge in [-0.3, -0.25) is 9.59 Å². The molecule has 0 heterocycles. The van der Waals surface area contributed by atoms with Gasteiger partial charge in [0.1, 0.15) is 11.6 Å². The van der Waals surface area contributed by atoms with E-state index in [1.54, 1.807) is 25.1 Å². The topological polar surface area (TPSA) is 58.6 Å². The van der Waals surface area contributed by atoms with Gasteiger partial charge in [-0.15, -0.1) is 0 Å². The zero-order valence-corrected chi connectivity index (χ0v) is 15.9. The third-order valence-corrected chi connectivity index (χ3v) is 4.08. The van der Waals surface area contributed by atoms with Crippen LogP contribution in [0.4, 0.5) is 4.39 Å². The Morgan fingerprint density at radius 3 is 2.52 bits per heavy atom. The summed E-state index contributed by atoms with van der Waals surface area (Å²) >= 11 is 0. The molecule has 2 aromatic rings. The Bertz CT molecular complexity index is 777. The lowest BCUT2D eigenvalue weighted by molar-refractivity contribution is -0.141. The van der Waals surface area contributed by atoms with Crippen molar-refractivity contribution in [1.29, 1.82) is 0 Å². The number of amides is 2. The van der Waals surface area contributed by atoms with Crippen LogP contribution in [-0.4, -0.2) is 35.9 Å². The number of nitrogens with zero attached hydrogens (tertiary/aromatic N) is 1. The molecule has 5 nitrogen and oxygen atoms in total. The lowest BCUT2D eigenvalue weighted by Gasteiger charge is -2.24. The van der Waals surface area contributed by atoms with Crippen molar-refractivity contribution in [1.82, 2.24) is 10.2 Å². The SMILES string of the molecule is CCN(CC(=O)NCc1ccc(F)cc1)C(=O)[C@H](C)Oc1cccc(C)c1. The van der Waals surface area contributed by atoms with E-state index in [1.165, 1.54) is 17.0 Å². The number of carbonyl (C=O) groups excluding carboxylic acids is 2. The van der Waals surface area contributed by atoms with Crippen LogP contribution in [0.3, 0.4) is 0 Å². The third kappa shape index (κ3) is 6.40. The Balaban J connectivity index is 1.87. The van der Waals surface area contributed by atoms with E-state index in [-0.39, 0.29) is 30.7 Å². The fourth-order valence-electron chi connectivity index (χ4n) is 2.58. The molecule has 0 fully saturated rings. The van der Waals surface area contributed by atoms with Crippen LogP contribution in [0.1, 0.15) is 25.0 Å². The molecule has 27 heavy (non-hydrogen) atoms. The molecule has 0 unspecified atom stereocenters. The van der Waals surface area contributed by atoms with Crippen LogP contribution in [0.2, 0.25) is 0 Å². The summed E-state index contributed by atoms with van der Waals surface area (Å²) in [6, 6.07) is 13.4. The molecule has 0 bridgehead atoms. The number of nitrogens with one attached hydrogen (secondary N) is 1. The number of halogens is 1.